The molecule has 3 atom stereocenters. The highest BCUT2D eigenvalue weighted by atomic mass is 16.3. The summed E-state index contributed by atoms with van der Waals surface area (Å²) in [4.78, 5) is 12.5. The first-order valence-electron chi connectivity index (χ1n) is 25.8. The number of aliphatic hydroxyl groups is 3. The molecule has 5 heteroatoms. The maximum atomic E-state index is 12.5. The van der Waals surface area contributed by atoms with Crippen LogP contribution in [0.5, 0.6) is 0 Å². The topological polar surface area (TPSA) is 89.8 Å². The van der Waals surface area contributed by atoms with Gasteiger partial charge in [-0.1, -0.05) is 243 Å². The first-order chi connectivity index (χ1) is 28.5. The summed E-state index contributed by atoms with van der Waals surface area (Å²) >= 11 is 0. The van der Waals surface area contributed by atoms with E-state index in [9.17, 15) is 20.1 Å². The van der Waals surface area contributed by atoms with E-state index in [2.05, 4.69) is 43.5 Å². The van der Waals surface area contributed by atoms with Crippen molar-refractivity contribution in [1.82, 2.24) is 5.32 Å². The van der Waals surface area contributed by atoms with Gasteiger partial charge in [0.05, 0.1) is 31.3 Å². The molecular weight excluding hydrogens is 715 g/mol. The van der Waals surface area contributed by atoms with E-state index in [4.69, 9.17) is 0 Å². The normalized spacial score (nSPS) is 13.7. The summed E-state index contributed by atoms with van der Waals surface area (Å²) in [5.41, 5.74) is 0. The molecule has 5 nitrogen and oxygen atoms in total. The van der Waals surface area contributed by atoms with Gasteiger partial charge in [-0.15, -0.1) is 0 Å². The number of hydrogen-bond acceptors (Lipinski definition) is 4. The van der Waals surface area contributed by atoms with E-state index < -0.39 is 18.2 Å². The maximum Gasteiger partial charge on any atom is 0.222 e. The number of unbranched alkanes of at least 4 members (excludes halogenated alkanes) is 34. The maximum absolute atomic E-state index is 12.5. The molecule has 0 aliphatic rings. The lowest BCUT2D eigenvalue weighted by Gasteiger charge is -2.21. The highest BCUT2D eigenvalue weighted by molar-refractivity contribution is 5.76. The third kappa shape index (κ3) is 44.1. The molecule has 0 aromatic carbocycles. The van der Waals surface area contributed by atoms with E-state index in [1.54, 1.807) is 6.08 Å². The van der Waals surface area contributed by atoms with Crippen LogP contribution in [0.25, 0.3) is 0 Å². The molecule has 0 heterocycles. The zero-order valence-electron chi connectivity index (χ0n) is 38.9. The number of amides is 1. The fourth-order valence-electron chi connectivity index (χ4n) is 7.94. The van der Waals surface area contributed by atoms with Gasteiger partial charge in [-0.3, -0.25) is 4.79 Å². The van der Waals surface area contributed by atoms with Gasteiger partial charge >= 0.3 is 0 Å². The molecule has 0 aliphatic heterocycles. The number of carbonyl (C=O) groups is 1. The third-order valence-corrected chi connectivity index (χ3v) is 11.9. The molecule has 4 N–H and O–H groups in total. The second kappa shape index (κ2) is 48.2. The minimum atomic E-state index is -0.950. The number of allylic oxidation sites excluding steroid dienone is 5. The molecule has 0 saturated carbocycles. The van der Waals surface area contributed by atoms with Crippen molar-refractivity contribution in [1.29, 1.82) is 0 Å². The molecule has 0 radical (unpaired) electrons. The Bertz CT molecular complexity index is 901. The zero-order valence-corrected chi connectivity index (χ0v) is 38.9. The smallest absolute Gasteiger partial charge is 0.222 e. The van der Waals surface area contributed by atoms with E-state index in [1.165, 1.54) is 212 Å². The quantitative estimate of drug-likeness (QED) is 0.0364. The van der Waals surface area contributed by atoms with Crippen LogP contribution < -0.4 is 5.32 Å². The fraction of sp³-hybridized carbons (Fsp3) is 0.868. The summed E-state index contributed by atoms with van der Waals surface area (Å²) in [6, 6.07) is -0.759. The summed E-state index contributed by atoms with van der Waals surface area (Å²) in [7, 11) is 0. The highest BCUT2D eigenvalue weighted by Crippen LogP contribution is 2.16. The Morgan fingerprint density at radius 1 is 0.431 bits per heavy atom. The van der Waals surface area contributed by atoms with Crippen LogP contribution in [0.2, 0.25) is 0 Å². The number of rotatable bonds is 47. The average Bonchev–Trinajstić information content (AvgIpc) is 3.22. The molecule has 0 aromatic rings. The van der Waals surface area contributed by atoms with Crippen LogP contribution in [0.1, 0.15) is 271 Å². The Morgan fingerprint density at radius 3 is 1.10 bits per heavy atom. The predicted octanol–water partition coefficient (Wildman–Crippen LogP) is 15.5. The number of aliphatic hydroxyl groups excluding tert-OH is 3. The number of nitrogens with one attached hydrogen (secondary N) is 1. The van der Waals surface area contributed by atoms with Crippen molar-refractivity contribution in [3.8, 4) is 0 Å². The standard InChI is InChI=1S/C53H101NO4/c1-3-5-7-9-11-13-15-17-18-19-20-21-22-23-24-25-26-27-28-29-30-31-32-33-35-36-38-40-42-44-46-50(56)48-53(58)54-51(49-55)52(57)47-45-43-41-39-37-34-16-14-12-10-8-6-4-2/h23-24,37,39,45,47,50-52,55-57H,3-22,25-36,38,40-44,46,48-49H2,1-2H3,(H,54,58)/b24-23-,39-37+,47-45+. The Morgan fingerprint density at radius 2 is 0.741 bits per heavy atom. The van der Waals surface area contributed by atoms with Crippen LogP contribution in [0.3, 0.4) is 0 Å². The first kappa shape index (κ1) is 56.6. The second-order valence-electron chi connectivity index (χ2n) is 17.8. The molecule has 0 spiro atoms. The van der Waals surface area contributed by atoms with Crippen molar-refractivity contribution >= 4 is 5.91 Å². The lowest BCUT2D eigenvalue weighted by atomic mass is 10.0. The molecule has 0 saturated heterocycles. The van der Waals surface area contributed by atoms with E-state index in [0.717, 1.165) is 32.1 Å². The monoisotopic (exact) mass is 816 g/mol. The lowest BCUT2D eigenvalue weighted by molar-refractivity contribution is -0.124. The molecule has 58 heavy (non-hydrogen) atoms. The van der Waals surface area contributed by atoms with Crippen LogP contribution in [0.4, 0.5) is 0 Å². The van der Waals surface area contributed by atoms with E-state index in [-0.39, 0.29) is 18.9 Å². The lowest BCUT2D eigenvalue weighted by Crippen LogP contribution is -2.45. The molecule has 0 aromatic heterocycles. The van der Waals surface area contributed by atoms with E-state index in [1.807, 2.05) is 6.08 Å². The van der Waals surface area contributed by atoms with E-state index in [0.29, 0.717) is 6.42 Å². The summed E-state index contributed by atoms with van der Waals surface area (Å²) < 4.78 is 0. The molecule has 0 rings (SSSR count). The van der Waals surface area contributed by atoms with Crippen LogP contribution in [-0.2, 0) is 4.79 Å². The summed E-state index contributed by atoms with van der Waals surface area (Å²) in [6.45, 7) is 4.20. The predicted molar refractivity (Wildman–Crippen MR) is 254 cm³/mol. The van der Waals surface area contributed by atoms with Gasteiger partial charge < -0.3 is 20.6 Å². The van der Waals surface area contributed by atoms with Crippen LogP contribution in [0.15, 0.2) is 36.5 Å². The van der Waals surface area contributed by atoms with Crippen molar-refractivity contribution in [2.24, 2.45) is 0 Å². The Labute approximate surface area is 362 Å². The van der Waals surface area contributed by atoms with Crippen molar-refractivity contribution < 1.29 is 20.1 Å². The molecule has 0 aliphatic carbocycles. The van der Waals surface area contributed by atoms with Gasteiger partial charge in [0.1, 0.15) is 0 Å². The Balaban J connectivity index is 3.54. The van der Waals surface area contributed by atoms with Crippen LogP contribution >= 0.6 is 0 Å². The SMILES string of the molecule is CCCCCCCCC/C=C/CC/C=C/C(O)C(CO)NC(=O)CC(O)CCCCCCCCCCCCCCCC/C=C\CCCCCCCCCCCCCC. The molecule has 0 bridgehead atoms. The van der Waals surface area contributed by atoms with Gasteiger partial charge in [-0.2, -0.15) is 0 Å². The molecule has 0 fully saturated rings. The number of carbonyl (C=O) groups excluding carboxylic acids is 1. The highest BCUT2D eigenvalue weighted by Gasteiger charge is 2.20. The molecule has 342 valence electrons. The largest absolute Gasteiger partial charge is 0.394 e. The number of hydrogen-bond donors (Lipinski definition) is 4. The van der Waals surface area contributed by atoms with E-state index >= 15 is 0 Å². The van der Waals surface area contributed by atoms with Crippen molar-refractivity contribution in [2.45, 2.75) is 289 Å². The summed E-state index contributed by atoms with van der Waals surface area (Å²) in [5, 5.41) is 33.2. The Kier molecular flexibility index (Phi) is 47.0. The van der Waals surface area contributed by atoms with Crippen LogP contribution in [-0.4, -0.2) is 46.1 Å². The fourth-order valence-corrected chi connectivity index (χ4v) is 7.94. The van der Waals surface area contributed by atoms with Crippen molar-refractivity contribution in [3.05, 3.63) is 36.5 Å². The third-order valence-electron chi connectivity index (χ3n) is 11.9. The molecular formula is C53H101NO4. The summed E-state index contributed by atoms with van der Waals surface area (Å²) in [5.74, 6) is -0.324. The Hall–Kier alpha value is -1.43. The van der Waals surface area contributed by atoms with Gasteiger partial charge in [0.15, 0.2) is 0 Å². The van der Waals surface area contributed by atoms with Gasteiger partial charge in [-0.25, -0.2) is 0 Å². The van der Waals surface area contributed by atoms with Gasteiger partial charge in [0.25, 0.3) is 0 Å². The minimum Gasteiger partial charge on any atom is -0.394 e. The van der Waals surface area contributed by atoms with Crippen molar-refractivity contribution in [3.63, 3.8) is 0 Å². The van der Waals surface area contributed by atoms with Crippen molar-refractivity contribution in [2.75, 3.05) is 6.61 Å². The van der Waals surface area contributed by atoms with Gasteiger partial charge in [0.2, 0.25) is 5.91 Å². The molecule has 3 unspecified atom stereocenters. The van der Waals surface area contributed by atoms with Gasteiger partial charge in [0, 0.05) is 0 Å². The van der Waals surface area contributed by atoms with Gasteiger partial charge in [-0.05, 0) is 57.8 Å². The summed E-state index contributed by atoms with van der Waals surface area (Å²) in [6.07, 6.45) is 61.8. The zero-order chi connectivity index (χ0) is 42.3. The first-order valence-corrected chi connectivity index (χ1v) is 25.8. The minimum absolute atomic E-state index is 0.00732. The second-order valence-corrected chi connectivity index (χ2v) is 17.8. The average molecular weight is 816 g/mol. The molecule has 1 amide bonds. The van der Waals surface area contributed by atoms with Crippen LogP contribution in [0, 0.1) is 0 Å².